The second-order valence-corrected chi connectivity index (χ2v) is 2.89. The Kier molecular flexibility index (Phi) is 4.06. The van der Waals surface area contributed by atoms with Gasteiger partial charge in [0.05, 0.1) is 0 Å². The third-order valence-electron chi connectivity index (χ3n) is 1.72. The van der Waals surface area contributed by atoms with Gasteiger partial charge in [0.1, 0.15) is 6.61 Å². The summed E-state index contributed by atoms with van der Waals surface area (Å²) in [6, 6.07) is 0. The van der Waals surface area contributed by atoms with E-state index < -0.39 is 5.54 Å². The molecule has 0 aliphatic heterocycles. The van der Waals surface area contributed by atoms with Crippen molar-refractivity contribution in [3.63, 3.8) is 0 Å². The van der Waals surface area contributed by atoms with Crippen molar-refractivity contribution in [1.82, 2.24) is 0 Å². The molecule has 0 aromatic rings. The fourth-order valence-electron chi connectivity index (χ4n) is 0.742. The number of rotatable bonds is 4. The molecule has 0 aromatic heterocycles. The Morgan fingerprint density at radius 2 is 2.20 bits per heavy atom. The van der Waals surface area contributed by atoms with E-state index >= 15 is 0 Å². The smallest absolute Gasteiger partial charge is 0.300 e. The molecule has 0 bridgehead atoms. The van der Waals surface area contributed by atoms with Crippen LogP contribution in [0.15, 0.2) is 0 Å². The molecule has 1 atom stereocenters. The average Bonchev–Trinajstić information content (AvgIpc) is 2.00. The zero-order chi connectivity index (χ0) is 8.04. The Balaban J connectivity index is 3.72. The fourth-order valence-corrected chi connectivity index (χ4v) is 0.742. The van der Waals surface area contributed by atoms with Crippen LogP contribution in [0.4, 0.5) is 0 Å². The highest BCUT2D eigenvalue weighted by molar-refractivity contribution is 4.95. The Labute approximate surface area is 62.7 Å². The average molecular weight is 142 g/mol. The third kappa shape index (κ3) is 2.84. The largest absolute Gasteiger partial charge is 0.388 e. The maximum absolute atomic E-state index is 8.84. The van der Waals surface area contributed by atoms with E-state index in [9.17, 15) is 0 Å². The van der Waals surface area contributed by atoms with E-state index in [1.165, 1.54) is 0 Å². The first-order valence-electron chi connectivity index (χ1n) is 3.71. The van der Waals surface area contributed by atoms with Crippen molar-refractivity contribution in [3.05, 3.63) is 4.85 Å². The first-order chi connectivity index (χ1) is 4.68. The lowest BCUT2D eigenvalue weighted by Crippen LogP contribution is -2.24. The lowest BCUT2D eigenvalue weighted by atomic mass is 9.97. The van der Waals surface area contributed by atoms with Gasteiger partial charge in [-0.25, -0.2) is 0 Å². The molecular formula is C8H16NO+. The van der Waals surface area contributed by atoms with Crippen molar-refractivity contribution in [2.45, 2.75) is 38.6 Å². The summed E-state index contributed by atoms with van der Waals surface area (Å²) >= 11 is 0. The van der Waals surface area contributed by atoms with Gasteiger partial charge >= 0.3 is 5.54 Å². The maximum atomic E-state index is 8.84. The summed E-state index contributed by atoms with van der Waals surface area (Å²) in [5.74, 6) is 0. The number of hydrogen-bond acceptors (Lipinski definition) is 1. The van der Waals surface area contributed by atoms with Crippen molar-refractivity contribution in [1.29, 1.82) is 0 Å². The summed E-state index contributed by atoms with van der Waals surface area (Å²) in [6.07, 6.45) is 3.05. The number of unbranched alkanes of at least 4 members (excludes halogenated alkanes) is 1. The van der Waals surface area contributed by atoms with E-state index in [0.717, 1.165) is 19.3 Å². The monoisotopic (exact) mass is 142 g/mol. The standard InChI is InChI=1S/C8H16NO/c1-4-5-6-8(2,7-10)9-3/h3,10H,4-7H2,1-2H3/q+1. The Hall–Kier alpha value is -0.550. The highest BCUT2D eigenvalue weighted by atomic mass is 16.3. The summed E-state index contributed by atoms with van der Waals surface area (Å²) in [4.78, 5) is 3.63. The van der Waals surface area contributed by atoms with Gasteiger partial charge in [-0.3, -0.25) is 0 Å². The minimum atomic E-state index is -0.407. The van der Waals surface area contributed by atoms with Crippen LogP contribution in [-0.4, -0.2) is 17.3 Å². The van der Waals surface area contributed by atoms with E-state index in [0.29, 0.717) is 0 Å². The summed E-state index contributed by atoms with van der Waals surface area (Å²) in [6.45, 7) is 9.14. The molecular weight excluding hydrogens is 126 g/mol. The predicted molar refractivity (Wildman–Crippen MR) is 43.3 cm³/mol. The summed E-state index contributed by atoms with van der Waals surface area (Å²) in [5.41, 5.74) is -0.407. The Bertz CT molecular complexity index is 128. The van der Waals surface area contributed by atoms with Gasteiger partial charge in [-0.2, -0.15) is 0 Å². The van der Waals surface area contributed by atoms with E-state index in [1.54, 1.807) is 0 Å². The second-order valence-electron chi connectivity index (χ2n) is 2.89. The van der Waals surface area contributed by atoms with Crippen LogP contribution in [0.1, 0.15) is 33.1 Å². The van der Waals surface area contributed by atoms with Crippen molar-refractivity contribution in [3.8, 4) is 6.57 Å². The van der Waals surface area contributed by atoms with Gasteiger partial charge in [-0.1, -0.05) is 18.2 Å². The molecule has 2 heteroatoms. The number of aliphatic hydroxyl groups excluding tert-OH is 1. The van der Waals surface area contributed by atoms with Crippen LogP contribution in [-0.2, 0) is 0 Å². The predicted octanol–water partition coefficient (Wildman–Crippen LogP) is 1.89. The molecule has 0 spiro atoms. The van der Waals surface area contributed by atoms with Crippen LogP contribution in [0.2, 0.25) is 0 Å². The molecule has 0 radical (unpaired) electrons. The molecule has 0 amide bonds. The van der Waals surface area contributed by atoms with Crippen molar-refractivity contribution in [2.75, 3.05) is 6.61 Å². The number of aliphatic hydroxyl groups is 1. The molecule has 58 valence electrons. The van der Waals surface area contributed by atoms with Gasteiger partial charge in [-0.15, -0.1) is 0 Å². The zero-order valence-corrected chi connectivity index (χ0v) is 6.80. The maximum Gasteiger partial charge on any atom is 0.300 e. The van der Waals surface area contributed by atoms with Crippen LogP contribution >= 0.6 is 0 Å². The molecule has 1 unspecified atom stereocenters. The molecule has 0 aliphatic carbocycles. The fraction of sp³-hybridized carbons (Fsp3) is 0.875. The van der Waals surface area contributed by atoms with Gasteiger partial charge in [-0.05, 0) is 6.42 Å². The molecule has 0 rings (SSSR count). The quantitative estimate of drug-likeness (QED) is 0.637. The van der Waals surface area contributed by atoms with Gasteiger partial charge < -0.3 is 5.11 Å². The van der Waals surface area contributed by atoms with Crippen LogP contribution in [0.5, 0.6) is 0 Å². The molecule has 0 aromatic carbocycles. The summed E-state index contributed by atoms with van der Waals surface area (Å²) in [5, 5.41) is 8.84. The first kappa shape index (κ1) is 9.45. The van der Waals surface area contributed by atoms with Gasteiger partial charge in [0.25, 0.3) is 6.57 Å². The van der Waals surface area contributed by atoms with Crippen molar-refractivity contribution in [2.24, 2.45) is 0 Å². The van der Waals surface area contributed by atoms with Crippen molar-refractivity contribution >= 4 is 0 Å². The van der Waals surface area contributed by atoms with Crippen LogP contribution < -0.4 is 0 Å². The van der Waals surface area contributed by atoms with E-state index in [2.05, 4.69) is 11.8 Å². The molecule has 0 saturated carbocycles. The summed E-state index contributed by atoms with van der Waals surface area (Å²) in [7, 11) is 0. The zero-order valence-electron chi connectivity index (χ0n) is 6.80. The Morgan fingerprint density at radius 3 is 2.50 bits per heavy atom. The molecule has 10 heavy (non-hydrogen) atoms. The molecule has 0 aliphatic rings. The van der Waals surface area contributed by atoms with Crippen molar-refractivity contribution < 1.29 is 5.11 Å². The topological polar surface area (TPSA) is 24.6 Å². The van der Waals surface area contributed by atoms with Gasteiger partial charge in [0.15, 0.2) is 0 Å². The van der Waals surface area contributed by atoms with Crippen LogP contribution in [0.25, 0.3) is 4.85 Å². The van der Waals surface area contributed by atoms with E-state index in [1.807, 2.05) is 6.92 Å². The molecule has 0 fully saturated rings. The number of nitrogens with zero attached hydrogens (tertiary/aromatic N) is 1. The highest BCUT2D eigenvalue weighted by Gasteiger charge is 2.32. The lowest BCUT2D eigenvalue weighted by molar-refractivity contribution is 0.223. The van der Waals surface area contributed by atoms with Gasteiger partial charge in [0, 0.05) is 13.3 Å². The second kappa shape index (κ2) is 4.29. The minimum Gasteiger partial charge on any atom is -0.388 e. The first-order valence-corrected chi connectivity index (χ1v) is 3.71. The summed E-state index contributed by atoms with van der Waals surface area (Å²) < 4.78 is 0. The van der Waals surface area contributed by atoms with E-state index in [4.69, 9.17) is 11.7 Å². The molecule has 2 nitrogen and oxygen atoms in total. The lowest BCUT2D eigenvalue weighted by Gasteiger charge is -2.07. The van der Waals surface area contributed by atoms with E-state index in [-0.39, 0.29) is 6.61 Å². The molecule has 1 N–H and O–H groups in total. The Morgan fingerprint density at radius 1 is 1.60 bits per heavy atom. The normalized spacial score (nSPS) is 15.8. The minimum absolute atomic E-state index is 0.0451. The van der Waals surface area contributed by atoms with Gasteiger partial charge in [0.2, 0.25) is 0 Å². The van der Waals surface area contributed by atoms with Crippen LogP contribution in [0.3, 0.4) is 0 Å². The molecule has 0 saturated heterocycles. The SMILES string of the molecule is C#[N+]C(C)(CO)CCCC. The highest BCUT2D eigenvalue weighted by Crippen LogP contribution is 2.17. The number of hydrogen-bond donors (Lipinski definition) is 1. The molecule has 0 heterocycles. The van der Waals surface area contributed by atoms with Crippen LogP contribution in [0, 0.1) is 6.57 Å². The third-order valence-corrected chi connectivity index (χ3v) is 1.72.